The third-order valence-corrected chi connectivity index (χ3v) is 5.57. The average Bonchev–Trinajstić information content (AvgIpc) is 3.53. The Kier molecular flexibility index (Phi) is 5.50. The molecule has 1 aliphatic heterocycles. The monoisotopic (exact) mass is 446 g/mol. The van der Waals surface area contributed by atoms with Crippen molar-refractivity contribution in [2.75, 3.05) is 6.61 Å². The molecule has 1 saturated carbocycles. The van der Waals surface area contributed by atoms with Crippen molar-refractivity contribution in [2.45, 2.75) is 30.9 Å². The van der Waals surface area contributed by atoms with Crippen LogP contribution in [-0.4, -0.2) is 40.9 Å². The van der Waals surface area contributed by atoms with Gasteiger partial charge in [0.1, 0.15) is 11.8 Å². The highest BCUT2D eigenvalue weighted by molar-refractivity contribution is 6.31. The fraction of sp³-hybridized carbons (Fsp3) is 0.333. The second-order valence-electron chi connectivity index (χ2n) is 7.22. The summed E-state index contributed by atoms with van der Waals surface area (Å²) >= 11 is 6.29. The van der Waals surface area contributed by atoms with Crippen molar-refractivity contribution in [2.24, 2.45) is 16.6 Å². The number of nitrogens with two attached hydrogens (primary N) is 1. The van der Waals surface area contributed by atoms with Gasteiger partial charge in [-0.3, -0.25) is 4.79 Å². The van der Waals surface area contributed by atoms with E-state index >= 15 is 0 Å². The number of ketones is 1. The Morgan fingerprint density at radius 1 is 1.42 bits per heavy atom. The number of benzene rings is 1. The third-order valence-electron chi connectivity index (χ3n) is 5.24. The molecule has 2 heterocycles. The van der Waals surface area contributed by atoms with Crippen LogP contribution in [0.2, 0.25) is 5.02 Å². The van der Waals surface area contributed by atoms with Crippen LogP contribution in [0.1, 0.15) is 28.0 Å². The second kappa shape index (κ2) is 8.12. The van der Waals surface area contributed by atoms with Gasteiger partial charge in [0.2, 0.25) is 5.88 Å². The summed E-state index contributed by atoms with van der Waals surface area (Å²) in [5.74, 6) is 1.60. The van der Waals surface area contributed by atoms with Gasteiger partial charge in [-0.2, -0.15) is 0 Å². The summed E-state index contributed by atoms with van der Waals surface area (Å²) < 4.78 is 39.0. The number of amidine groups is 1. The molecule has 160 valence electrons. The molecule has 2 aliphatic rings. The Morgan fingerprint density at radius 2 is 2.23 bits per heavy atom. The van der Waals surface area contributed by atoms with Crippen LogP contribution < -0.4 is 10.5 Å². The lowest BCUT2D eigenvalue weighted by molar-refractivity contribution is 0.0196. The summed E-state index contributed by atoms with van der Waals surface area (Å²) in [5.41, 5.74) is 4.45. The molecule has 0 radical (unpaired) electrons. The van der Waals surface area contributed by atoms with Gasteiger partial charge in [-0.25, -0.2) is 23.7 Å². The zero-order valence-electron chi connectivity index (χ0n) is 16.1. The predicted molar refractivity (Wildman–Crippen MR) is 108 cm³/mol. The number of terminal acetylenes is 1. The molecule has 2 N–H and O–H groups in total. The molecule has 1 fully saturated rings. The van der Waals surface area contributed by atoms with E-state index in [0.717, 1.165) is 0 Å². The number of Topliss-reactive ketones (excluding diaryl/α,β-unsaturated/α-hetero) is 1. The molecule has 3 atom stereocenters. The van der Waals surface area contributed by atoms with Crippen molar-refractivity contribution < 1.29 is 23.0 Å². The Hall–Kier alpha value is -3.25. The first-order valence-electron chi connectivity index (χ1n) is 9.35. The number of halogens is 3. The number of carbonyl (C=O) groups is 1. The van der Waals surface area contributed by atoms with E-state index in [1.54, 1.807) is 6.07 Å². The molecule has 0 saturated heterocycles. The number of aromatic nitrogens is 2. The van der Waals surface area contributed by atoms with Crippen molar-refractivity contribution in [3.63, 3.8) is 0 Å². The number of rotatable bonds is 7. The van der Waals surface area contributed by atoms with Gasteiger partial charge in [-0.1, -0.05) is 29.7 Å². The summed E-state index contributed by atoms with van der Waals surface area (Å²) in [4.78, 5) is 24.6. The maximum atomic E-state index is 14.3. The molecule has 2 aromatic rings. The van der Waals surface area contributed by atoms with Crippen molar-refractivity contribution in [1.82, 2.24) is 9.97 Å². The number of hydrogen-bond donors (Lipinski definition) is 1. The molecule has 10 heteroatoms. The van der Waals surface area contributed by atoms with Crippen LogP contribution in [-0.2, 0) is 16.7 Å². The van der Waals surface area contributed by atoms with Crippen molar-refractivity contribution in [1.29, 1.82) is 0 Å². The lowest BCUT2D eigenvalue weighted by atomic mass is 9.83. The number of ether oxygens (including phenoxy) is 2. The fourth-order valence-electron chi connectivity index (χ4n) is 3.72. The van der Waals surface area contributed by atoms with Crippen molar-refractivity contribution in [3.8, 4) is 18.2 Å². The molecule has 1 aromatic heterocycles. The highest BCUT2D eigenvalue weighted by Gasteiger charge is 2.64. The molecule has 4 rings (SSSR count). The van der Waals surface area contributed by atoms with Gasteiger partial charge in [0.25, 0.3) is 12.4 Å². The van der Waals surface area contributed by atoms with E-state index in [-0.39, 0.29) is 47.0 Å². The Labute approximate surface area is 181 Å². The molecule has 1 aromatic carbocycles. The summed E-state index contributed by atoms with van der Waals surface area (Å²) in [6, 6.07) is 4.25. The van der Waals surface area contributed by atoms with Crippen LogP contribution >= 0.6 is 11.6 Å². The molecule has 7 nitrogen and oxygen atoms in total. The smallest absolute Gasteiger partial charge is 0.283 e. The normalized spacial score (nSPS) is 23.9. The van der Waals surface area contributed by atoms with E-state index < -0.39 is 24.0 Å². The van der Waals surface area contributed by atoms with Gasteiger partial charge in [0.05, 0.1) is 12.4 Å². The minimum atomic E-state index is -2.85. The maximum absolute atomic E-state index is 14.3. The molecule has 31 heavy (non-hydrogen) atoms. The Balaban J connectivity index is 1.60. The first-order valence-corrected chi connectivity index (χ1v) is 9.73. The quantitative estimate of drug-likeness (QED) is 0.518. The maximum Gasteiger partial charge on any atom is 0.283 e. The minimum absolute atomic E-state index is 0.0291. The zero-order chi connectivity index (χ0) is 22.2. The number of nitrogens with zero attached hydrogens (tertiary/aromatic N) is 3. The first kappa shape index (κ1) is 21.0. The van der Waals surface area contributed by atoms with E-state index in [2.05, 4.69) is 20.9 Å². The summed E-state index contributed by atoms with van der Waals surface area (Å²) in [5, 5.41) is 0.121. The molecular formula is C21H17ClF2N4O3. The van der Waals surface area contributed by atoms with E-state index in [4.69, 9.17) is 33.2 Å². The van der Waals surface area contributed by atoms with Crippen LogP contribution in [0.4, 0.5) is 8.78 Å². The summed E-state index contributed by atoms with van der Waals surface area (Å²) in [6.07, 6.45) is 4.70. The topological polar surface area (TPSA) is 99.7 Å². The van der Waals surface area contributed by atoms with Crippen LogP contribution in [0.5, 0.6) is 5.88 Å². The minimum Gasteiger partial charge on any atom is -0.463 e. The largest absolute Gasteiger partial charge is 0.463 e. The molecule has 0 unspecified atom stereocenters. The lowest BCUT2D eigenvalue weighted by Crippen LogP contribution is -2.43. The van der Waals surface area contributed by atoms with Crippen LogP contribution in [0, 0.1) is 18.3 Å². The molecule has 0 spiro atoms. The van der Waals surface area contributed by atoms with E-state index in [1.165, 1.54) is 24.5 Å². The number of hydrogen-bond acceptors (Lipinski definition) is 7. The van der Waals surface area contributed by atoms with Gasteiger partial charge < -0.3 is 15.2 Å². The number of fused-ring (bicyclic) bond motifs is 1. The van der Waals surface area contributed by atoms with E-state index in [0.29, 0.717) is 12.0 Å². The number of alkyl halides is 2. The first-order chi connectivity index (χ1) is 14.8. The third kappa shape index (κ3) is 3.91. The summed E-state index contributed by atoms with van der Waals surface area (Å²) in [7, 11) is 0. The van der Waals surface area contributed by atoms with E-state index in [1.807, 2.05) is 0 Å². The van der Waals surface area contributed by atoms with Crippen LogP contribution in [0.3, 0.4) is 0 Å². The number of aliphatic imine (C=N–C) groups is 1. The van der Waals surface area contributed by atoms with Gasteiger partial charge in [0.15, 0.2) is 17.9 Å². The molecule has 0 amide bonds. The highest BCUT2D eigenvalue weighted by atomic mass is 35.5. The predicted octanol–water partition coefficient (Wildman–Crippen LogP) is 2.76. The molecule has 1 aliphatic carbocycles. The Bertz CT molecular complexity index is 1090. The average molecular weight is 447 g/mol. The van der Waals surface area contributed by atoms with Crippen LogP contribution in [0.25, 0.3) is 0 Å². The number of carbonyl (C=O) groups excluding carboxylic acids is 1. The highest BCUT2D eigenvalue weighted by Crippen LogP contribution is 2.56. The molecular weight excluding hydrogens is 430 g/mol. The van der Waals surface area contributed by atoms with Gasteiger partial charge in [0, 0.05) is 22.9 Å². The van der Waals surface area contributed by atoms with Crippen LogP contribution in [0.15, 0.2) is 35.6 Å². The zero-order valence-corrected chi connectivity index (χ0v) is 16.9. The van der Waals surface area contributed by atoms with Crippen molar-refractivity contribution >= 4 is 23.4 Å². The van der Waals surface area contributed by atoms with Gasteiger partial charge in [-0.05, 0) is 18.1 Å². The fourth-order valence-corrected chi connectivity index (χ4v) is 3.98. The van der Waals surface area contributed by atoms with Gasteiger partial charge in [-0.15, -0.1) is 6.42 Å². The van der Waals surface area contributed by atoms with Crippen molar-refractivity contribution in [3.05, 3.63) is 52.4 Å². The SMILES string of the molecule is C#CCOc1cnc(C(=O)Cc2ccc(Cl)c([C@@]3(C(F)F)N=C(N)O[C@@H]4C[C@@H]43)c2)cn1. The molecule has 0 bridgehead atoms. The standard InChI is InChI=1S/C21H17ClF2N4O3/c1-2-5-30-18-10-26-15(9-27-18)16(29)7-11-3-4-14(22)12(6-11)21(19(23)24)13-8-17(13)31-20(25)28-21/h1,3-4,6,9-10,13,17,19H,5,7-8H2,(H2,25,28)/t13-,17+,21+/m0/s1. The second-order valence-corrected chi connectivity index (χ2v) is 7.63. The van der Waals surface area contributed by atoms with E-state index in [9.17, 15) is 13.6 Å². The Morgan fingerprint density at radius 3 is 2.90 bits per heavy atom. The van der Waals surface area contributed by atoms with Gasteiger partial charge >= 0.3 is 0 Å². The summed E-state index contributed by atoms with van der Waals surface area (Å²) in [6.45, 7) is 0.0291. The lowest BCUT2D eigenvalue weighted by Gasteiger charge is -2.33.